The van der Waals surface area contributed by atoms with Crippen molar-refractivity contribution in [3.05, 3.63) is 90.7 Å². The van der Waals surface area contributed by atoms with Crippen LogP contribution in [-0.2, 0) is 13.6 Å². The molecule has 0 radical (unpaired) electrons. The molecule has 4 aromatic rings. The van der Waals surface area contributed by atoms with Crippen LogP contribution in [0.15, 0.2) is 63.2 Å². The molecule has 11 nitrogen and oxygen atoms in total. The summed E-state index contributed by atoms with van der Waals surface area (Å²) in [7, 11) is 1.50. The number of anilines is 1. The molecule has 0 aliphatic heterocycles. The van der Waals surface area contributed by atoms with Gasteiger partial charge in [0.15, 0.2) is 16.9 Å². The monoisotopic (exact) mass is 455 g/mol. The molecule has 0 spiro atoms. The highest BCUT2D eigenvalue weighted by Gasteiger charge is 2.18. The third kappa shape index (κ3) is 4.18. The second kappa shape index (κ2) is 8.77. The fraction of sp³-hybridized carbons (Fsp3) is 0.100. The Morgan fingerprint density at radius 1 is 1.28 bits per heavy atom. The Hall–Kier alpha value is -3.77. The fourth-order valence-corrected chi connectivity index (χ4v) is 3.38. The average Bonchev–Trinajstić information content (AvgIpc) is 3.13. The second-order valence-corrected chi connectivity index (χ2v) is 7.31. The molecule has 1 atom stereocenters. The number of aromatic nitrogens is 4. The molecular weight excluding hydrogens is 438 g/mol. The zero-order chi connectivity index (χ0) is 22.8. The predicted octanol–water partition coefficient (Wildman–Crippen LogP) is 0.974. The van der Waals surface area contributed by atoms with Crippen LogP contribution in [0.1, 0.15) is 11.1 Å². The van der Waals surface area contributed by atoms with Gasteiger partial charge < -0.3 is 5.21 Å². The Morgan fingerprint density at radius 2 is 2.06 bits per heavy atom. The Kier molecular flexibility index (Phi) is 5.88. The van der Waals surface area contributed by atoms with Crippen molar-refractivity contribution >= 4 is 40.6 Å². The summed E-state index contributed by atoms with van der Waals surface area (Å²) in [4.78, 5) is 31.2. The molecular formula is C20H18ClN7O4. The van der Waals surface area contributed by atoms with E-state index in [2.05, 4.69) is 20.5 Å². The van der Waals surface area contributed by atoms with E-state index in [1.54, 1.807) is 28.8 Å². The molecule has 12 heteroatoms. The molecule has 4 N–H and O–H groups in total. The van der Waals surface area contributed by atoms with Crippen LogP contribution in [0.5, 0.6) is 0 Å². The van der Waals surface area contributed by atoms with E-state index in [0.717, 1.165) is 5.56 Å². The van der Waals surface area contributed by atoms with E-state index >= 15 is 0 Å². The Bertz CT molecular complexity index is 1440. The SMILES string of the molecule is Cn1c(=O)[nH]c(=O)c2c1nc(NN=Cc1cccc([NH+]([O-])O)c1)n2Cc1ccccc1Cl. The first-order valence-corrected chi connectivity index (χ1v) is 9.78. The summed E-state index contributed by atoms with van der Waals surface area (Å²) in [6, 6.07) is 13.4. The van der Waals surface area contributed by atoms with Gasteiger partial charge in [-0.1, -0.05) is 41.9 Å². The lowest BCUT2D eigenvalue weighted by atomic mass is 10.2. The van der Waals surface area contributed by atoms with Crippen molar-refractivity contribution in [2.24, 2.45) is 12.1 Å². The molecule has 0 fully saturated rings. The maximum atomic E-state index is 12.6. The number of hydrazone groups is 1. The number of H-pyrrole nitrogens is 1. The van der Waals surface area contributed by atoms with Crippen molar-refractivity contribution in [2.75, 3.05) is 5.43 Å². The van der Waals surface area contributed by atoms with Crippen LogP contribution in [0.3, 0.4) is 0 Å². The molecule has 0 aliphatic rings. The number of quaternary nitrogens is 1. The third-order valence-electron chi connectivity index (χ3n) is 4.81. The minimum absolute atomic E-state index is 0.126. The second-order valence-electron chi connectivity index (χ2n) is 6.90. The number of aryl methyl sites for hydroxylation is 1. The maximum Gasteiger partial charge on any atom is 0.329 e. The number of rotatable bonds is 6. The number of benzene rings is 2. The van der Waals surface area contributed by atoms with Crippen molar-refractivity contribution in [3.63, 3.8) is 0 Å². The predicted molar refractivity (Wildman–Crippen MR) is 120 cm³/mol. The van der Waals surface area contributed by atoms with Crippen molar-refractivity contribution in [1.82, 2.24) is 19.1 Å². The highest BCUT2D eigenvalue weighted by molar-refractivity contribution is 6.31. The average molecular weight is 456 g/mol. The van der Waals surface area contributed by atoms with Crippen LogP contribution >= 0.6 is 11.6 Å². The van der Waals surface area contributed by atoms with Gasteiger partial charge in [-0.2, -0.15) is 15.3 Å². The zero-order valence-corrected chi connectivity index (χ0v) is 17.5. The van der Waals surface area contributed by atoms with Gasteiger partial charge in [-0.3, -0.25) is 18.9 Å². The molecule has 4 rings (SSSR count). The van der Waals surface area contributed by atoms with E-state index in [-0.39, 0.29) is 29.3 Å². The van der Waals surface area contributed by atoms with Crippen molar-refractivity contribution in [2.45, 2.75) is 6.54 Å². The molecule has 2 heterocycles. The Labute approximate surface area is 185 Å². The molecule has 0 saturated heterocycles. The molecule has 0 bridgehead atoms. The summed E-state index contributed by atoms with van der Waals surface area (Å²) in [5, 5.41) is 23.9. The Balaban J connectivity index is 1.76. The first kappa shape index (κ1) is 21.5. The summed E-state index contributed by atoms with van der Waals surface area (Å²) in [6.45, 7) is 0.198. The fourth-order valence-electron chi connectivity index (χ4n) is 3.19. The van der Waals surface area contributed by atoms with Gasteiger partial charge in [0.1, 0.15) is 0 Å². The lowest BCUT2D eigenvalue weighted by Crippen LogP contribution is -2.99. The molecule has 1 unspecified atom stereocenters. The quantitative estimate of drug-likeness (QED) is 0.252. The zero-order valence-electron chi connectivity index (χ0n) is 16.7. The smallest absolute Gasteiger partial charge is 0.329 e. The van der Waals surface area contributed by atoms with Gasteiger partial charge in [0.25, 0.3) is 5.56 Å². The number of imidazole rings is 1. The molecule has 164 valence electrons. The summed E-state index contributed by atoms with van der Waals surface area (Å²) >= 11 is 6.29. The van der Waals surface area contributed by atoms with E-state index in [4.69, 9.17) is 16.8 Å². The molecule has 2 aromatic heterocycles. The van der Waals surface area contributed by atoms with Crippen LogP contribution in [0.4, 0.5) is 11.6 Å². The first-order valence-electron chi connectivity index (χ1n) is 9.40. The lowest BCUT2D eigenvalue weighted by molar-refractivity contribution is -0.991. The minimum Gasteiger partial charge on any atom is -0.595 e. The van der Waals surface area contributed by atoms with E-state index in [9.17, 15) is 14.8 Å². The number of hydrogen-bond donors (Lipinski definition) is 4. The highest BCUT2D eigenvalue weighted by Crippen LogP contribution is 2.22. The van der Waals surface area contributed by atoms with E-state index in [1.807, 2.05) is 12.1 Å². The first-order chi connectivity index (χ1) is 15.3. The van der Waals surface area contributed by atoms with Gasteiger partial charge in [-0.15, -0.1) is 0 Å². The van der Waals surface area contributed by atoms with Gasteiger partial charge >= 0.3 is 5.69 Å². The maximum absolute atomic E-state index is 12.6. The van der Waals surface area contributed by atoms with Crippen LogP contribution in [0.2, 0.25) is 5.02 Å². The normalized spacial score (nSPS) is 12.5. The number of nitrogens with one attached hydrogen (secondary N) is 3. The highest BCUT2D eigenvalue weighted by atomic mass is 35.5. The minimum atomic E-state index is -1.05. The van der Waals surface area contributed by atoms with Gasteiger partial charge in [-0.25, -0.2) is 15.4 Å². The molecule has 0 saturated carbocycles. The molecule has 2 aromatic carbocycles. The largest absolute Gasteiger partial charge is 0.595 e. The van der Waals surface area contributed by atoms with Gasteiger partial charge in [0.05, 0.1) is 12.8 Å². The lowest BCUT2D eigenvalue weighted by Gasteiger charge is -2.11. The van der Waals surface area contributed by atoms with Crippen LogP contribution in [0, 0.1) is 5.21 Å². The topological polar surface area (TPSA) is 145 Å². The summed E-state index contributed by atoms with van der Waals surface area (Å²) < 4.78 is 2.80. The molecule has 0 aliphatic carbocycles. The third-order valence-corrected chi connectivity index (χ3v) is 5.17. The van der Waals surface area contributed by atoms with Crippen LogP contribution in [0.25, 0.3) is 11.2 Å². The van der Waals surface area contributed by atoms with Gasteiger partial charge in [-0.05, 0) is 11.6 Å². The van der Waals surface area contributed by atoms with E-state index in [0.29, 0.717) is 10.6 Å². The summed E-state index contributed by atoms with van der Waals surface area (Å²) in [6.07, 6.45) is 1.43. The van der Waals surface area contributed by atoms with E-state index in [1.165, 1.54) is 30.0 Å². The number of halogens is 1. The standard InChI is InChI=1S/C20H18ClN7O4/c1-26-17-16(18(29)24-20(26)30)27(11-13-6-2-3-8-15(13)21)19(23-17)25-22-10-12-5-4-7-14(9-12)28(31)32/h2-10,28,31H,11H2,1H3,(H,23,25)(H,24,29,30). The van der Waals surface area contributed by atoms with Crippen molar-refractivity contribution < 1.29 is 10.4 Å². The number of nitrogens with zero attached hydrogens (tertiary/aromatic N) is 4. The number of fused-ring (bicyclic) bond motifs is 1. The summed E-state index contributed by atoms with van der Waals surface area (Å²) in [5.41, 5.74) is 3.37. The molecule has 32 heavy (non-hydrogen) atoms. The summed E-state index contributed by atoms with van der Waals surface area (Å²) in [5.74, 6) is 0.206. The van der Waals surface area contributed by atoms with Gasteiger partial charge in [0.2, 0.25) is 5.95 Å². The molecule has 0 amide bonds. The number of aromatic amines is 1. The van der Waals surface area contributed by atoms with Crippen molar-refractivity contribution in [3.8, 4) is 0 Å². The van der Waals surface area contributed by atoms with Crippen LogP contribution in [-0.4, -0.2) is 30.5 Å². The van der Waals surface area contributed by atoms with Gasteiger partial charge in [0, 0.05) is 29.8 Å². The van der Waals surface area contributed by atoms with E-state index < -0.39 is 16.5 Å². The Morgan fingerprint density at radius 3 is 2.81 bits per heavy atom. The number of hydrogen-bond acceptors (Lipinski definition) is 7. The van der Waals surface area contributed by atoms with Crippen LogP contribution < -0.4 is 21.9 Å². The van der Waals surface area contributed by atoms with Crippen molar-refractivity contribution in [1.29, 1.82) is 0 Å².